The van der Waals surface area contributed by atoms with Crippen LogP contribution in [0.1, 0.15) is 32.6 Å². The summed E-state index contributed by atoms with van der Waals surface area (Å²) in [5.41, 5.74) is 0. The highest BCUT2D eigenvalue weighted by Gasteiger charge is 2.37. The van der Waals surface area contributed by atoms with E-state index in [0.717, 1.165) is 38.8 Å². The maximum absolute atomic E-state index is 13.0. The molecule has 0 aromatic rings. The molecule has 2 rings (SSSR count). The lowest BCUT2D eigenvalue weighted by molar-refractivity contribution is 0.229. The molecule has 0 bridgehead atoms. The molecule has 0 amide bonds. The van der Waals surface area contributed by atoms with Gasteiger partial charge in [-0.25, -0.2) is 0 Å². The van der Waals surface area contributed by atoms with Crippen LogP contribution in [0.15, 0.2) is 0 Å². The van der Waals surface area contributed by atoms with Crippen LogP contribution in [0.3, 0.4) is 0 Å². The summed E-state index contributed by atoms with van der Waals surface area (Å²) >= 11 is 5.94. The first-order valence-electron chi connectivity index (χ1n) is 8.00. The molecule has 0 radical (unpaired) electrons. The standard InChI is InChI=1S/C14H28ClN3O2S/c1-3-14-12-16(2)7-5-9-18(14)21(19,20)17-8-4-6-13(10-15)11-17/h13-14H,3-12H2,1-2H3. The van der Waals surface area contributed by atoms with Gasteiger partial charge in [-0.05, 0) is 45.2 Å². The predicted molar refractivity (Wildman–Crippen MR) is 86.8 cm³/mol. The first kappa shape index (κ1) is 17.5. The number of hydrogen-bond donors (Lipinski definition) is 0. The van der Waals surface area contributed by atoms with Crippen molar-refractivity contribution in [3.63, 3.8) is 0 Å². The lowest BCUT2D eigenvalue weighted by Crippen LogP contribution is -2.52. The fourth-order valence-electron chi connectivity index (χ4n) is 3.37. The Bertz CT molecular complexity index is 432. The maximum Gasteiger partial charge on any atom is 0.282 e. The smallest absolute Gasteiger partial charge is 0.282 e. The molecule has 21 heavy (non-hydrogen) atoms. The van der Waals surface area contributed by atoms with Gasteiger partial charge in [-0.15, -0.1) is 11.6 Å². The van der Waals surface area contributed by atoms with E-state index in [1.54, 1.807) is 8.61 Å². The molecule has 2 saturated heterocycles. The van der Waals surface area contributed by atoms with E-state index in [-0.39, 0.29) is 6.04 Å². The van der Waals surface area contributed by atoms with Crippen molar-refractivity contribution in [2.45, 2.75) is 38.6 Å². The Morgan fingerprint density at radius 3 is 2.57 bits per heavy atom. The summed E-state index contributed by atoms with van der Waals surface area (Å²) in [6, 6.07) is 0.0823. The molecule has 124 valence electrons. The average molecular weight is 338 g/mol. The van der Waals surface area contributed by atoms with Gasteiger partial charge in [0, 0.05) is 38.1 Å². The molecule has 2 fully saturated rings. The summed E-state index contributed by atoms with van der Waals surface area (Å²) in [6.07, 6.45) is 3.71. The fourth-order valence-corrected chi connectivity index (χ4v) is 5.63. The van der Waals surface area contributed by atoms with Crippen LogP contribution in [-0.4, -0.2) is 73.6 Å². The molecule has 2 unspecified atom stereocenters. The Hall–Kier alpha value is 0.120. The normalized spacial score (nSPS) is 31.2. The second kappa shape index (κ2) is 7.59. The molecule has 0 spiro atoms. The van der Waals surface area contributed by atoms with E-state index >= 15 is 0 Å². The Morgan fingerprint density at radius 2 is 1.90 bits per heavy atom. The van der Waals surface area contributed by atoms with E-state index in [4.69, 9.17) is 11.6 Å². The second-order valence-corrected chi connectivity index (χ2v) is 8.51. The van der Waals surface area contributed by atoms with E-state index in [2.05, 4.69) is 18.9 Å². The van der Waals surface area contributed by atoms with Crippen LogP contribution in [-0.2, 0) is 10.2 Å². The minimum Gasteiger partial charge on any atom is -0.305 e. The van der Waals surface area contributed by atoms with Gasteiger partial charge in [-0.3, -0.25) is 0 Å². The molecule has 2 heterocycles. The van der Waals surface area contributed by atoms with Gasteiger partial charge >= 0.3 is 0 Å². The zero-order valence-electron chi connectivity index (χ0n) is 13.2. The average Bonchev–Trinajstić information content (AvgIpc) is 2.68. The third-order valence-corrected chi connectivity index (χ3v) is 7.14. The number of alkyl halides is 1. The highest BCUT2D eigenvalue weighted by molar-refractivity contribution is 7.86. The van der Waals surface area contributed by atoms with Gasteiger partial charge in [-0.2, -0.15) is 17.0 Å². The molecule has 0 N–H and O–H groups in total. The van der Waals surface area contributed by atoms with Crippen LogP contribution >= 0.6 is 11.6 Å². The van der Waals surface area contributed by atoms with E-state index in [1.165, 1.54) is 0 Å². The number of likely N-dealkylation sites (N-methyl/N-ethyl adjacent to an activating group) is 1. The van der Waals surface area contributed by atoms with Crippen LogP contribution in [0.25, 0.3) is 0 Å². The van der Waals surface area contributed by atoms with Crippen LogP contribution in [0, 0.1) is 5.92 Å². The van der Waals surface area contributed by atoms with Crippen molar-refractivity contribution in [3.05, 3.63) is 0 Å². The Morgan fingerprint density at radius 1 is 1.14 bits per heavy atom. The number of piperidine rings is 1. The molecule has 0 saturated carbocycles. The van der Waals surface area contributed by atoms with Gasteiger partial charge in [0.2, 0.25) is 0 Å². The third kappa shape index (κ3) is 4.10. The van der Waals surface area contributed by atoms with E-state index in [1.807, 2.05) is 0 Å². The van der Waals surface area contributed by atoms with Gasteiger partial charge in [0.25, 0.3) is 10.2 Å². The Kier molecular flexibility index (Phi) is 6.32. The van der Waals surface area contributed by atoms with Gasteiger partial charge in [-0.1, -0.05) is 6.92 Å². The van der Waals surface area contributed by atoms with E-state index in [0.29, 0.717) is 31.4 Å². The van der Waals surface area contributed by atoms with Crippen molar-refractivity contribution in [3.8, 4) is 0 Å². The van der Waals surface area contributed by atoms with Crippen molar-refractivity contribution in [1.29, 1.82) is 0 Å². The number of hydrogen-bond acceptors (Lipinski definition) is 3. The summed E-state index contributed by atoms with van der Waals surface area (Å²) in [5, 5.41) is 0. The van der Waals surface area contributed by atoms with Crippen LogP contribution in [0.2, 0.25) is 0 Å². The summed E-state index contributed by atoms with van der Waals surface area (Å²) in [4.78, 5) is 2.24. The molecule has 2 aliphatic heterocycles. The molecule has 0 aromatic heterocycles. The van der Waals surface area contributed by atoms with Crippen molar-refractivity contribution in [1.82, 2.24) is 13.5 Å². The molecule has 0 aromatic carbocycles. The summed E-state index contributed by atoms with van der Waals surface area (Å²) in [5.74, 6) is 0.844. The molecular weight excluding hydrogens is 310 g/mol. The number of halogens is 1. The monoisotopic (exact) mass is 337 g/mol. The topological polar surface area (TPSA) is 43.9 Å². The molecule has 5 nitrogen and oxygen atoms in total. The summed E-state index contributed by atoms with van der Waals surface area (Å²) < 4.78 is 29.4. The highest BCUT2D eigenvalue weighted by atomic mass is 35.5. The van der Waals surface area contributed by atoms with Gasteiger partial charge in [0.1, 0.15) is 0 Å². The van der Waals surface area contributed by atoms with Crippen LogP contribution in [0.5, 0.6) is 0 Å². The largest absolute Gasteiger partial charge is 0.305 e. The Labute approximate surface area is 134 Å². The Balaban J connectivity index is 2.16. The van der Waals surface area contributed by atoms with Gasteiger partial charge in [0.05, 0.1) is 0 Å². The van der Waals surface area contributed by atoms with Crippen LogP contribution < -0.4 is 0 Å². The SMILES string of the molecule is CCC1CN(C)CCCN1S(=O)(=O)N1CCCC(CCl)C1. The van der Waals surface area contributed by atoms with E-state index in [9.17, 15) is 8.42 Å². The second-order valence-electron chi connectivity index (χ2n) is 6.32. The van der Waals surface area contributed by atoms with Gasteiger partial charge in [0.15, 0.2) is 0 Å². The number of nitrogens with zero attached hydrogens (tertiary/aromatic N) is 3. The van der Waals surface area contributed by atoms with Crippen molar-refractivity contribution in [2.75, 3.05) is 45.7 Å². The predicted octanol–water partition coefficient (Wildman–Crippen LogP) is 1.60. The first-order chi connectivity index (χ1) is 9.98. The minimum absolute atomic E-state index is 0.0823. The maximum atomic E-state index is 13.0. The third-order valence-electron chi connectivity index (χ3n) is 4.64. The molecule has 7 heteroatoms. The fraction of sp³-hybridized carbons (Fsp3) is 1.00. The number of rotatable bonds is 4. The molecule has 2 atom stereocenters. The van der Waals surface area contributed by atoms with Crippen molar-refractivity contribution in [2.24, 2.45) is 5.92 Å². The van der Waals surface area contributed by atoms with Crippen molar-refractivity contribution >= 4 is 21.8 Å². The molecule has 0 aliphatic carbocycles. The highest BCUT2D eigenvalue weighted by Crippen LogP contribution is 2.25. The molecular formula is C14H28ClN3O2S. The lowest BCUT2D eigenvalue weighted by atomic mass is 10.0. The summed E-state index contributed by atoms with van der Waals surface area (Å²) in [7, 11) is -1.28. The minimum atomic E-state index is -3.35. The van der Waals surface area contributed by atoms with Crippen LogP contribution in [0.4, 0.5) is 0 Å². The summed E-state index contributed by atoms with van der Waals surface area (Å²) in [6.45, 7) is 5.71. The zero-order valence-corrected chi connectivity index (χ0v) is 14.7. The van der Waals surface area contributed by atoms with Gasteiger partial charge < -0.3 is 4.90 Å². The first-order valence-corrected chi connectivity index (χ1v) is 9.93. The van der Waals surface area contributed by atoms with E-state index < -0.39 is 10.2 Å². The van der Waals surface area contributed by atoms with Crippen molar-refractivity contribution < 1.29 is 8.42 Å². The lowest BCUT2D eigenvalue weighted by Gasteiger charge is -2.37. The molecule has 2 aliphatic rings. The zero-order chi connectivity index (χ0) is 15.5. The quantitative estimate of drug-likeness (QED) is 0.732.